The van der Waals surface area contributed by atoms with Gasteiger partial charge >= 0.3 is 0 Å². The molecule has 0 atom stereocenters. The highest BCUT2D eigenvalue weighted by Gasteiger charge is 2.25. The van der Waals surface area contributed by atoms with Crippen LogP contribution in [0, 0.1) is 6.92 Å². The van der Waals surface area contributed by atoms with Crippen molar-refractivity contribution in [1.82, 2.24) is 14.2 Å². The number of rotatable bonds is 6. The first-order chi connectivity index (χ1) is 13.0. The molecule has 0 amide bonds. The van der Waals surface area contributed by atoms with Crippen LogP contribution in [0.5, 0.6) is 0 Å². The first-order valence-corrected chi connectivity index (χ1v) is 10.5. The molecule has 7 nitrogen and oxygen atoms in total. The predicted molar refractivity (Wildman–Crippen MR) is 103 cm³/mol. The topological polar surface area (TPSA) is 90.0 Å². The summed E-state index contributed by atoms with van der Waals surface area (Å²) in [6.07, 6.45) is 1.49. The van der Waals surface area contributed by atoms with Gasteiger partial charge in [0, 0.05) is 4.88 Å². The van der Waals surface area contributed by atoms with Crippen LogP contribution in [-0.2, 0) is 16.6 Å². The van der Waals surface area contributed by atoms with Gasteiger partial charge < -0.3 is 9.73 Å². The molecule has 0 fully saturated rings. The predicted octanol–water partition coefficient (Wildman–Crippen LogP) is 3.76. The largest absolute Gasteiger partial charge is 0.461 e. The zero-order chi connectivity index (χ0) is 18.9. The van der Waals surface area contributed by atoms with Crippen LogP contribution >= 0.6 is 11.3 Å². The maximum Gasteiger partial charge on any atom is 0.286 e. The maximum absolute atomic E-state index is 13.1. The lowest BCUT2D eigenvalue weighted by Gasteiger charge is -2.08. The van der Waals surface area contributed by atoms with E-state index in [-0.39, 0.29) is 16.7 Å². The molecule has 4 aromatic rings. The molecule has 0 bridgehead atoms. The summed E-state index contributed by atoms with van der Waals surface area (Å²) in [7, 11) is -3.91. The van der Waals surface area contributed by atoms with Gasteiger partial charge in [0.25, 0.3) is 10.0 Å². The zero-order valence-electron chi connectivity index (χ0n) is 14.4. The minimum atomic E-state index is -3.91. The fraction of sp³-hybridized carbons (Fsp3) is 0.111. The maximum atomic E-state index is 13.1. The summed E-state index contributed by atoms with van der Waals surface area (Å²) in [6.45, 7) is 2.34. The fourth-order valence-electron chi connectivity index (χ4n) is 2.47. The van der Waals surface area contributed by atoms with Crippen LogP contribution in [0.4, 0.5) is 5.95 Å². The molecule has 27 heavy (non-hydrogen) atoms. The number of hydrogen-bond donors (Lipinski definition) is 1. The molecule has 9 heteroatoms. The first kappa shape index (κ1) is 17.5. The molecular weight excluding hydrogens is 384 g/mol. The lowest BCUT2D eigenvalue weighted by molar-refractivity contribution is 0.573. The van der Waals surface area contributed by atoms with Gasteiger partial charge in [0.05, 0.1) is 17.7 Å². The second-order valence-electron chi connectivity index (χ2n) is 5.83. The van der Waals surface area contributed by atoms with Crippen LogP contribution in [0.1, 0.15) is 10.4 Å². The van der Waals surface area contributed by atoms with Gasteiger partial charge in [-0.15, -0.1) is 20.5 Å². The quantitative estimate of drug-likeness (QED) is 0.530. The van der Waals surface area contributed by atoms with Crippen LogP contribution in [0.3, 0.4) is 0 Å². The number of anilines is 1. The molecule has 3 aromatic heterocycles. The van der Waals surface area contributed by atoms with E-state index in [0.717, 1.165) is 14.5 Å². The van der Waals surface area contributed by atoms with E-state index in [1.54, 1.807) is 47.7 Å². The Kier molecular flexibility index (Phi) is 4.54. The van der Waals surface area contributed by atoms with Crippen LogP contribution in [0.2, 0.25) is 0 Å². The van der Waals surface area contributed by atoms with Gasteiger partial charge in [0.15, 0.2) is 5.76 Å². The smallest absolute Gasteiger partial charge is 0.286 e. The molecule has 0 saturated carbocycles. The Balaban J connectivity index is 1.76. The summed E-state index contributed by atoms with van der Waals surface area (Å²) in [6, 6.07) is 13.9. The molecule has 0 spiro atoms. The van der Waals surface area contributed by atoms with Gasteiger partial charge in [-0.05, 0) is 42.6 Å². The zero-order valence-corrected chi connectivity index (χ0v) is 16.0. The number of nitrogens with zero attached hydrogens (tertiary/aromatic N) is 3. The average Bonchev–Trinajstić information content (AvgIpc) is 3.40. The molecule has 1 aromatic carbocycles. The van der Waals surface area contributed by atoms with E-state index in [9.17, 15) is 8.42 Å². The number of benzene rings is 1. The van der Waals surface area contributed by atoms with E-state index in [4.69, 9.17) is 4.42 Å². The molecular formula is C18H16N4O3S2. The van der Waals surface area contributed by atoms with Crippen molar-refractivity contribution in [2.45, 2.75) is 18.4 Å². The number of aromatic nitrogens is 3. The van der Waals surface area contributed by atoms with Gasteiger partial charge in [0.1, 0.15) is 0 Å². The number of furan rings is 1. The minimum absolute atomic E-state index is 0.135. The Morgan fingerprint density at radius 2 is 1.96 bits per heavy atom. The van der Waals surface area contributed by atoms with Gasteiger partial charge in [-0.25, -0.2) is 0 Å². The van der Waals surface area contributed by atoms with E-state index < -0.39 is 10.0 Å². The second kappa shape index (κ2) is 7.01. The van der Waals surface area contributed by atoms with Crippen LogP contribution in [-0.4, -0.2) is 22.6 Å². The second-order valence-corrected chi connectivity index (χ2v) is 8.63. The fourth-order valence-corrected chi connectivity index (χ4v) is 4.32. The molecule has 1 N–H and O–H groups in total. The van der Waals surface area contributed by atoms with Crippen molar-refractivity contribution in [3.8, 4) is 11.6 Å². The van der Waals surface area contributed by atoms with Gasteiger partial charge in [-0.3, -0.25) is 0 Å². The number of hydrogen-bond acceptors (Lipinski definition) is 7. The lowest BCUT2D eigenvalue weighted by atomic mass is 10.2. The molecule has 3 heterocycles. The van der Waals surface area contributed by atoms with Crippen LogP contribution < -0.4 is 5.32 Å². The lowest BCUT2D eigenvalue weighted by Crippen LogP contribution is -2.18. The number of aryl methyl sites for hydroxylation is 1. The number of thiophene rings is 1. The summed E-state index contributed by atoms with van der Waals surface area (Å²) in [5, 5.41) is 9.21. The highest BCUT2D eigenvalue weighted by Crippen LogP contribution is 2.23. The van der Waals surface area contributed by atoms with Gasteiger partial charge in [-0.1, -0.05) is 23.8 Å². The Morgan fingerprint density at radius 3 is 2.63 bits per heavy atom. The molecule has 0 aliphatic heterocycles. The van der Waals surface area contributed by atoms with Crippen LogP contribution in [0.15, 0.2) is 69.5 Å². The Hall–Kier alpha value is -2.91. The van der Waals surface area contributed by atoms with E-state index >= 15 is 0 Å². The summed E-state index contributed by atoms with van der Waals surface area (Å²) >= 11 is 1.57. The molecule has 0 radical (unpaired) electrons. The highest BCUT2D eigenvalue weighted by molar-refractivity contribution is 7.90. The Bertz CT molecular complexity index is 1130. The van der Waals surface area contributed by atoms with Crippen molar-refractivity contribution in [1.29, 1.82) is 0 Å². The van der Waals surface area contributed by atoms with E-state index in [1.165, 1.54) is 6.26 Å². The number of nitrogens with one attached hydrogen (secondary N) is 1. The first-order valence-electron chi connectivity index (χ1n) is 8.13. The summed E-state index contributed by atoms with van der Waals surface area (Å²) < 4.78 is 32.4. The van der Waals surface area contributed by atoms with E-state index in [1.807, 2.05) is 24.4 Å². The third kappa shape index (κ3) is 3.51. The summed E-state index contributed by atoms with van der Waals surface area (Å²) in [4.78, 5) is 5.53. The van der Waals surface area contributed by atoms with Gasteiger partial charge in [0.2, 0.25) is 11.8 Å². The molecule has 0 aliphatic carbocycles. The molecule has 0 saturated heterocycles. The minimum Gasteiger partial charge on any atom is -0.461 e. The summed E-state index contributed by atoms with van der Waals surface area (Å²) in [5.41, 5.74) is 0.972. The van der Waals surface area contributed by atoms with Crippen molar-refractivity contribution in [2.75, 3.05) is 5.32 Å². The summed E-state index contributed by atoms with van der Waals surface area (Å²) in [5.74, 6) is 0.728. The molecule has 138 valence electrons. The molecule has 0 unspecified atom stereocenters. The normalized spacial score (nSPS) is 11.6. The van der Waals surface area contributed by atoms with E-state index in [2.05, 4.69) is 15.4 Å². The third-order valence-electron chi connectivity index (χ3n) is 3.87. The highest BCUT2D eigenvalue weighted by atomic mass is 32.2. The molecule has 4 rings (SSSR count). The van der Waals surface area contributed by atoms with Crippen molar-refractivity contribution in [3.05, 3.63) is 70.6 Å². The van der Waals surface area contributed by atoms with E-state index in [0.29, 0.717) is 12.3 Å². The average molecular weight is 400 g/mol. The Labute approximate surface area is 160 Å². The van der Waals surface area contributed by atoms with Crippen molar-refractivity contribution in [2.24, 2.45) is 0 Å². The standard InChI is InChI=1S/C18H16N4O3S2/c1-13-6-8-15(9-7-13)27(23,24)22-18(19-12-14-4-3-11-26-14)20-17(21-22)16-5-2-10-25-16/h2-11H,12H2,1H3,(H,19,20,21). The molecule has 0 aliphatic rings. The third-order valence-corrected chi connectivity index (χ3v) is 6.32. The van der Waals surface area contributed by atoms with Crippen molar-refractivity contribution < 1.29 is 12.8 Å². The Morgan fingerprint density at radius 1 is 1.15 bits per heavy atom. The van der Waals surface area contributed by atoms with Gasteiger partial charge in [-0.2, -0.15) is 13.4 Å². The van der Waals surface area contributed by atoms with Crippen molar-refractivity contribution >= 4 is 27.3 Å². The van der Waals surface area contributed by atoms with Crippen LogP contribution in [0.25, 0.3) is 11.6 Å². The SMILES string of the molecule is Cc1ccc(S(=O)(=O)n2nc(-c3ccco3)nc2NCc2cccs2)cc1. The monoisotopic (exact) mass is 400 g/mol. The van der Waals surface area contributed by atoms with Crippen molar-refractivity contribution in [3.63, 3.8) is 0 Å².